The summed E-state index contributed by atoms with van der Waals surface area (Å²) in [5.41, 5.74) is 1.22. The molecule has 3 rings (SSSR count). The molecule has 24 heavy (non-hydrogen) atoms. The van der Waals surface area contributed by atoms with Crippen LogP contribution in [0.2, 0.25) is 0 Å². The van der Waals surface area contributed by atoms with E-state index >= 15 is 0 Å². The number of methoxy groups -OCH3 is 1. The summed E-state index contributed by atoms with van der Waals surface area (Å²) in [7, 11) is 1.68. The van der Waals surface area contributed by atoms with E-state index in [1.54, 1.807) is 7.11 Å². The van der Waals surface area contributed by atoms with E-state index in [1.165, 1.54) is 5.69 Å². The fourth-order valence-electron chi connectivity index (χ4n) is 3.33. The maximum Gasteiger partial charge on any atom is 0.315 e. The van der Waals surface area contributed by atoms with Crippen molar-refractivity contribution in [3.63, 3.8) is 0 Å². The average molecular weight is 350 g/mol. The summed E-state index contributed by atoms with van der Waals surface area (Å²) >= 11 is 1.98. The van der Waals surface area contributed by atoms with Crippen molar-refractivity contribution >= 4 is 23.5 Å². The maximum absolute atomic E-state index is 12.1. The third-order valence-electron chi connectivity index (χ3n) is 4.82. The van der Waals surface area contributed by atoms with Gasteiger partial charge in [-0.2, -0.15) is 11.8 Å². The van der Waals surface area contributed by atoms with Crippen molar-refractivity contribution in [1.82, 2.24) is 10.6 Å². The number of benzene rings is 1. The summed E-state index contributed by atoms with van der Waals surface area (Å²) in [6.07, 6.45) is 4.15. The molecule has 0 radical (unpaired) electrons. The minimum atomic E-state index is 0.00907. The highest BCUT2D eigenvalue weighted by Crippen LogP contribution is 2.23. The Hall–Kier alpha value is -1.56. The molecule has 2 heterocycles. The van der Waals surface area contributed by atoms with Crippen LogP contribution in [0, 0.1) is 0 Å². The lowest BCUT2D eigenvalue weighted by Gasteiger charge is -2.34. The van der Waals surface area contributed by atoms with E-state index in [9.17, 15) is 4.79 Å². The normalized spacial score (nSPS) is 19.8. The van der Waals surface area contributed by atoms with Crippen molar-refractivity contribution < 1.29 is 9.53 Å². The molecule has 0 atom stereocenters. The summed E-state index contributed by atoms with van der Waals surface area (Å²) in [6.45, 7) is 1.94. The van der Waals surface area contributed by atoms with E-state index in [-0.39, 0.29) is 12.1 Å². The number of urea groups is 1. The third-order valence-corrected chi connectivity index (χ3v) is 5.87. The summed E-state index contributed by atoms with van der Waals surface area (Å²) in [6, 6.07) is 8.82. The smallest absolute Gasteiger partial charge is 0.315 e. The summed E-state index contributed by atoms with van der Waals surface area (Å²) in [5.74, 6) is 3.20. The van der Waals surface area contributed by atoms with Gasteiger partial charge in [-0.3, -0.25) is 0 Å². The van der Waals surface area contributed by atoms with Crippen molar-refractivity contribution in [2.24, 2.45) is 0 Å². The highest BCUT2D eigenvalue weighted by molar-refractivity contribution is 7.99. The third kappa shape index (κ3) is 4.72. The van der Waals surface area contributed by atoms with Crippen LogP contribution < -0.4 is 20.3 Å². The SMILES string of the molecule is COc1ccc(N2CCC(NC(=O)NC3CCSCC3)CC2)cc1. The zero-order valence-corrected chi connectivity index (χ0v) is 15.1. The molecule has 0 aliphatic carbocycles. The zero-order valence-electron chi connectivity index (χ0n) is 14.3. The Kier molecular flexibility index (Phi) is 6.12. The van der Waals surface area contributed by atoms with Crippen LogP contribution >= 0.6 is 11.8 Å². The van der Waals surface area contributed by atoms with Crippen molar-refractivity contribution in [3.8, 4) is 5.75 Å². The molecule has 1 aromatic rings. The molecule has 0 aromatic heterocycles. The standard InChI is InChI=1S/C18H27N3O2S/c1-23-17-4-2-16(3-5-17)21-10-6-14(7-11-21)19-18(22)20-15-8-12-24-13-9-15/h2-5,14-15H,6-13H2,1H3,(H2,19,20,22). The first-order chi connectivity index (χ1) is 11.7. The van der Waals surface area contributed by atoms with Crippen LogP contribution in [0.4, 0.5) is 10.5 Å². The van der Waals surface area contributed by atoms with E-state index in [0.29, 0.717) is 6.04 Å². The lowest BCUT2D eigenvalue weighted by atomic mass is 10.0. The fourth-order valence-corrected chi connectivity index (χ4v) is 4.44. The number of piperidine rings is 1. The fraction of sp³-hybridized carbons (Fsp3) is 0.611. The van der Waals surface area contributed by atoms with Gasteiger partial charge in [0, 0.05) is 30.9 Å². The van der Waals surface area contributed by atoms with Crippen LogP contribution in [-0.2, 0) is 0 Å². The molecule has 2 fully saturated rings. The van der Waals surface area contributed by atoms with Crippen molar-refractivity contribution in [2.45, 2.75) is 37.8 Å². The number of hydrogen-bond donors (Lipinski definition) is 2. The Morgan fingerprint density at radius 2 is 1.62 bits per heavy atom. The summed E-state index contributed by atoms with van der Waals surface area (Å²) < 4.78 is 5.21. The number of nitrogens with zero attached hydrogens (tertiary/aromatic N) is 1. The van der Waals surface area contributed by atoms with Crippen molar-refractivity contribution in [3.05, 3.63) is 24.3 Å². The molecule has 2 saturated heterocycles. The molecule has 2 N–H and O–H groups in total. The van der Waals surface area contributed by atoms with Crippen LogP contribution in [0.5, 0.6) is 5.75 Å². The molecule has 2 amide bonds. The molecular weight excluding hydrogens is 322 g/mol. The Bertz CT molecular complexity index is 524. The minimum absolute atomic E-state index is 0.00907. The van der Waals surface area contributed by atoms with Gasteiger partial charge in [-0.05, 0) is 61.5 Å². The van der Waals surface area contributed by atoms with Crippen LogP contribution in [0.1, 0.15) is 25.7 Å². The van der Waals surface area contributed by atoms with Crippen LogP contribution in [0.25, 0.3) is 0 Å². The molecule has 0 bridgehead atoms. The zero-order chi connectivity index (χ0) is 16.8. The topological polar surface area (TPSA) is 53.6 Å². The van der Waals surface area contributed by atoms with E-state index in [1.807, 2.05) is 23.9 Å². The maximum atomic E-state index is 12.1. The van der Waals surface area contributed by atoms with Crippen LogP contribution in [0.3, 0.4) is 0 Å². The summed E-state index contributed by atoms with van der Waals surface area (Å²) in [4.78, 5) is 14.5. The Morgan fingerprint density at radius 3 is 2.21 bits per heavy atom. The second-order valence-corrected chi connectivity index (χ2v) is 7.69. The number of carbonyl (C=O) groups is 1. The molecule has 2 aliphatic rings. The van der Waals surface area contributed by atoms with Crippen molar-refractivity contribution in [2.75, 3.05) is 36.6 Å². The predicted molar refractivity (Wildman–Crippen MR) is 100 cm³/mol. The van der Waals surface area contributed by atoms with Gasteiger partial charge < -0.3 is 20.3 Å². The van der Waals surface area contributed by atoms with Gasteiger partial charge in [-0.1, -0.05) is 0 Å². The number of nitrogens with one attached hydrogen (secondary N) is 2. The van der Waals surface area contributed by atoms with Crippen LogP contribution in [-0.4, -0.2) is 49.8 Å². The number of amides is 2. The largest absolute Gasteiger partial charge is 0.497 e. The van der Waals surface area contributed by atoms with E-state index in [2.05, 4.69) is 27.7 Å². The second kappa shape index (κ2) is 8.51. The predicted octanol–water partition coefficient (Wildman–Crippen LogP) is 2.86. The Balaban J connectivity index is 1.41. The Morgan fingerprint density at radius 1 is 1.04 bits per heavy atom. The molecule has 6 heteroatoms. The van der Waals surface area contributed by atoms with E-state index in [0.717, 1.165) is 56.0 Å². The summed E-state index contributed by atoms with van der Waals surface area (Å²) in [5, 5.41) is 6.28. The Labute approximate surface area is 148 Å². The first kappa shape index (κ1) is 17.3. The molecule has 0 spiro atoms. The van der Waals surface area contributed by atoms with Gasteiger partial charge in [0.1, 0.15) is 5.75 Å². The highest BCUT2D eigenvalue weighted by atomic mass is 32.2. The number of carbonyl (C=O) groups excluding carboxylic acids is 1. The van der Waals surface area contributed by atoms with E-state index in [4.69, 9.17) is 4.74 Å². The quantitative estimate of drug-likeness (QED) is 0.878. The number of hydrogen-bond acceptors (Lipinski definition) is 4. The van der Waals surface area contributed by atoms with Gasteiger partial charge in [0.25, 0.3) is 0 Å². The van der Waals surface area contributed by atoms with Gasteiger partial charge >= 0.3 is 6.03 Å². The number of anilines is 1. The minimum Gasteiger partial charge on any atom is -0.497 e. The monoisotopic (exact) mass is 349 g/mol. The van der Waals surface area contributed by atoms with Crippen LogP contribution in [0.15, 0.2) is 24.3 Å². The van der Waals surface area contributed by atoms with Gasteiger partial charge in [0.05, 0.1) is 7.11 Å². The first-order valence-corrected chi connectivity index (χ1v) is 9.94. The van der Waals surface area contributed by atoms with E-state index < -0.39 is 0 Å². The van der Waals surface area contributed by atoms with Crippen molar-refractivity contribution in [1.29, 1.82) is 0 Å². The number of thioether (sulfide) groups is 1. The highest BCUT2D eigenvalue weighted by Gasteiger charge is 2.22. The van der Waals surface area contributed by atoms with Gasteiger partial charge in [0.2, 0.25) is 0 Å². The van der Waals surface area contributed by atoms with Gasteiger partial charge in [0.15, 0.2) is 0 Å². The average Bonchev–Trinajstić information content (AvgIpc) is 2.63. The molecule has 2 aliphatic heterocycles. The molecule has 5 nitrogen and oxygen atoms in total. The molecule has 132 valence electrons. The molecule has 1 aromatic carbocycles. The van der Waals surface area contributed by atoms with Gasteiger partial charge in [-0.15, -0.1) is 0 Å². The first-order valence-electron chi connectivity index (χ1n) is 8.78. The second-order valence-electron chi connectivity index (χ2n) is 6.46. The number of rotatable bonds is 4. The lowest BCUT2D eigenvalue weighted by molar-refractivity contribution is 0.229. The molecule has 0 saturated carbocycles. The number of ether oxygens (including phenoxy) is 1. The lowest BCUT2D eigenvalue weighted by Crippen LogP contribution is -2.50. The van der Waals surface area contributed by atoms with Gasteiger partial charge in [-0.25, -0.2) is 4.79 Å². The molecule has 0 unspecified atom stereocenters. The molecular formula is C18H27N3O2S.